The summed E-state index contributed by atoms with van der Waals surface area (Å²) in [5, 5.41) is 0.984. The molecule has 3 rings (SSSR count). The van der Waals surface area contributed by atoms with Crippen molar-refractivity contribution < 1.29 is 8.81 Å². The molecule has 1 aromatic heterocycles. The standard InChI is InChI=1S/C17H15BrFNO/c1-2-14-16(11-5-3-4-6-15(11)21-14)17(20)12-9-10(19)7-8-13(12)18/h3-9,17H,2,20H2,1H3. The van der Waals surface area contributed by atoms with E-state index in [0.717, 1.165) is 38.7 Å². The lowest BCUT2D eigenvalue weighted by atomic mass is 9.96. The molecule has 2 aromatic carbocycles. The average Bonchev–Trinajstić information content (AvgIpc) is 2.87. The minimum Gasteiger partial charge on any atom is -0.461 e. The Morgan fingerprint density at radius 1 is 1.24 bits per heavy atom. The van der Waals surface area contributed by atoms with Crippen LogP contribution in [0, 0.1) is 5.82 Å². The second-order valence-electron chi connectivity index (χ2n) is 4.93. The zero-order valence-corrected chi connectivity index (χ0v) is 13.2. The Morgan fingerprint density at radius 3 is 2.76 bits per heavy atom. The van der Waals surface area contributed by atoms with Crippen molar-refractivity contribution in [1.82, 2.24) is 0 Å². The highest BCUT2D eigenvalue weighted by Gasteiger charge is 2.22. The van der Waals surface area contributed by atoms with Crippen molar-refractivity contribution in [3.05, 3.63) is 69.6 Å². The van der Waals surface area contributed by atoms with Crippen molar-refractivity contribution in [2.75, 3.05) is 0 Å². The normalized spacial score (nSPS) is 12.8. The van der Waals surface area contributed by atoms with Crippen LogP contribution in [0.3, 0.4) is 0 Å². The zero-order valence-electron chi connectivity index (χ0n) is 11.6. The van der Waals surface area contributed by atoms with Crippen LogP contribution in [0.2, 0.25) is 0 Å². The second-order valence-corrected chi connectivity index (χ2v) is 5.79. The van der Waals surface area contributed by atoms with Crippen molar-refractivity contribution in [2.24, 2.45) is 5.73 Å². The Morgan fingerprint density at radius 2 is 2.00 bits per heavy atom. The van der Waals surface area contributed by atoms with Crippen LogP contribution in [0.25, 0.3) is 11.0 Å². The molecule has 0 bridgehead atoms. The molecular formula is C17H15BrFNO. The van der Waals surface area contributed by atoms with E-state index in [9.17, 15) is 4.39 Å². The first kappa shape index (κ1) is 14.3. The van der Waals surface area contributed by atoms with Gasteiger partial charge in [0.25, 0.3) is 0 Å². The Kier molecular flexibility index (Phi) is 3.83. The minimum absolute atomic E-state index is 0.297. The highest BCUT2D eigenvalue weighted by Crippen LogP contribution is 2.36. The van der Waals surface area contributed by atoms with E-state index in [0.29, 0.717) is 0 Å². The van der Waals surface area contributed by atoms with Crippen LogP contribution in [0.15, 0.2) is 51.4 Å². The minimum atomic E-state index is -0.436. The van der Waals surface area contributed by atoms with E-state index in [1.54, 1.807) is 6.07 Å². The van der Waals surface area contributed by atoms with Gasteiger partial charge >= 0.3 is 0 Å². The summed E-state index contributed by atoms with van der Waals surface area (Å²) >= 11 is 3.45. The molecule has 0 aliphatic rings. The van der Waals surface area contributed by atoms with Gasteiger partial charge in [-0.2, -0.15) is 0 Å². The van der Waals surface area contributed by atoms with Crippen LogP contribution in [-0.2, 0) is 6.42 Å². The molecule has 3 aromatic rings. The number of halogens is 2. The summed E-state index contributed by atoms with van der Waals surface area (Å²) in [6.45, 7) is 2.02. The molecule has 0 saturated carbocycles. The lowest BCUT2D eigenvalue weighted by Crippen LogP contribution is -2.14. The second kappa shape index (κ2) is 5.62. The molecule has 0 spiro atoms. The summed E-state index contributed by atoms with van der Waals surface area (Å²) in [5.74, 6) is 0.550. The number of aryl methyl sites for hydroxylation is 1. The molecule has 2 N–H and O–H groups in total. The maximum Gasteiger partial charge on any atom is 0.134 e. The predicted octanol–water partition coefficient (Wildman–Crippen LogP) is 4.94. The van der Waals surface area contributed by atoms with E-state index in [2.05, 4.69) is 15.9 Å². The highest BCUT2D eigenvalue weighted by atomic mass is 79.9. The fourth-order valence-electron chi connectivity index (χ4n) is 2.63. The molecule has 0 saturated heterocycles. The third-order valence-electron chi connectivity index (χ3n) is 3.64. The van der Waals surface area contributed by atoms with Gasteiger partial charge in [-0.25, -0.2) is 4.39 Å². The molecule has 0 radical (unpaired) electrons. The van der Waals surface area contributed by atoms with Crippen LogP contribution in [0.4, 0.5) is 4.39 Å². The van der Waals surface area contributed by atoms with Crippen LogP contribution in [0.5, 0.6) is 0 Å². The molecule has 1 atom stereocenters. The Labute approximate surface area is 130 Å². The van der Waals surface area contributed by atoms with Gasteiger partial charge in [0.1, 0.15) is 17.2 Å². The van der Waals surface area contributed by atoms with Gasteiger partial charge in [-0.1, -0.05) is 41.1 Å². The van der Waals surface area contributed by atoms with E-state index >= 15 is 0 Å². The molecule has 0 aliphatic heterocycles. The number of fused-ring (bicyclic) bond motifs is 1. The topological polar surface area (TPSA) is 39.2 Å². The van der Waals surface area contributed by atoms with Gasteiger partial charge in [-0.15, -0.1) is 0 Å². The Balaban J connectivity index is 2.21. The van der Waals surface area contributed by atoms with E-state index in [-0.39, 0.29) is 5.82 Å². The first-order valence-electron chi connectivity index (χ1n) is 6.82. The van der Waals surface area contributed by atoms with E-state index in [1.165, 1.54) is 12.1 Å². The van der Waals surface area contributed by atoms with Gasteiger partial charge in [-0.05, 0) is 29.8 Å². The molecule has 21 heavy (non-hydrogen) atoms. The summed E-state index contributed by atoms with van der Waals surface area (Å²) < 4.78 is 20.2. The third-order valence-corrected chi connectivity index (χ3v) is 4.36. The van der Waals surface area contributed by atoms with Crippen LogP contribution >= 0.6 is 15.9 Å². The molecule has 0 fully saturated rings. The summed E-state index contributed by atoms with van der Waals surface area (Å²) in [6, 6.07) is 11.9. The number of nitrogens with two attached hydrogens (primary N) is 1. The first-order chi connectivity index (χ1) is 10.1. The summed E-state index contributed by atoms with van der Waals surface area (Å²) in [4.78, 5) is 0. The van der Waals surface area contributed by atoms with Gasteiger partial charge in [0.2, 0.25) is 0 Å². The number of furan rings is 1. The maximum atomic E-state index is 13.5. The fraction of sp³-hybridized carbons (Fsp3) is 0.176. The first-order valence-corrected chi connectivity index (χ1v) is 7.62. The molecule has 2 nitrogen and oxygen atoms in total. The van der Waals surface area contributed by atoms with Gasteiger partial charge in [0, 0.05) is 21.8 Å². The third kappa shape index (κ3) is 2.49. The number of hydrogen-bond donors (Lipinski definition) is 1. The van der Waals surface area contributed by atoms with Crippen molar-refractivity contribution >= 4 is 26.9 Å². The molecule has 108 valence electrons. The van der Waals surface area contributed by atoms with Gasteiger partial charge < -0.3 is 10.2 Å². The number of para-hydroxylation sites is 1. The predicted molar refractivity (Wildman–Crippen MR) is 85.7 cm³/mol. The molecule has 1 unspecified atom stereocenters. The average molecular weight is 348 g/mol. The SMILES string of the molecule is CCc1oc2ccccc2c1C(N)c1cc(F)ccc1Br. The van der Waals surface area contributed by atoms with E-state index in [4.69, 9.17) is 10.2 Å². The largest absolute Gasteiger partial charge is 0.461 e. The zero-order chi connectivity index (χ0) is 15.0. The van der Waals surface area contributed by atoms with Crippen molar-refractivity contribution in [3.8, 4) is 0 Å². The molecule has 1 heterocycles. The van der Waals surface area contributed by atoms with E-state index in [1.807, 2.05) is 31.2 Å². The highest BCUT2D eigenvalue weighted by molar-refractivity contribution is 9.10. The smallest absolute Gasteiger partial charge is 0.134 e. The summed E-state index contributed by atoms with van der Waals surface area (Å²) in [5.41, 5.74) is 8.88. The number of hydrogen-bond acceptors (Lipinski definition) is 2. The van der Waals surface area contributed by atoms with Crippen LogP contribution < -0.4 is 5.73 Å². The van der Waals surface area contributed by atoms with Crippen LogP contribution in [-0.4, -0.2) is 0 Å². The lowest BCUT2D eigenvalue weighted by molar-refractivity contribution is 0.546. The maximum absolute atomic E-state index is 13.5. The quantitative estimate of drug-likeness (QED) is 0.728. The van der Waals surface area contributed by atoms with Crippen molar-refractivity contribution in [1.29, 1.82) is 0 Å². The van der Waals surface area contributed by atoms with Crippen molar-refractivity contribution in [2.45, 2.75) is 19.4 Å². The number of rotatable bonds is 3. The number of benzene rings is 2. The summed E-state index contributed by atoms with van der Waals surface area (Å²) in [6.07, 6.45) is 0.741. The van der Waals surface area contributed by atoms with Gasteiger partial charge in [0.05, 0.1) is 6.04 Å². The van der Waals surface area contributed by atoms with E-state index < -0.39 is 6.04 Å². The Bertz CT molecular complexity index is 797. The molecular weight excluding hydrogens is 333 g/mol. The Hall–Kier alpha value is -1.65. The van der Waals surface area contributed by atoms with Crippen LogP contribution in [0.1, 0.15) is 29.9 Å². The molecule has 0 aliphatic carbocycles. The van der Waals surface area contributed by atoms with Gasteiger partial charge in [-0.3, -0.25) is 0 Å². The molecule has 4 heteroatoms. The lowest BCUT2D eigenvalue weighted by Gasteiger charge is -2.15. The monoisotopic (exact) mass is 347 g/mol. The van der Waals surface area contributed by atoms with Gasteiger partial charge in [0.15, 0.2) is 0 Å². The summed E-state index contributed by atoms with van der Waals surface area (Å²) in [7, 11) is 0. The molecule has 0 amide bonds. The van der Waals surface area contributed by atoms with Crippen molar-refractivity contribution in [3.63, 3.8) is 0 Å². The fourth-order valence-corrected chi connectivity index (χ4v) is 3.12.